The second kappa shape index (κ2) is 3.81. The Balaban J connectivity index is 3.67. The van der Waals surface area contributed by atoms with Gasteiger partial charge in [0.25, 0.3) is 20.2 Å². The lowest BCUT2D eigenvalue weighted by Gasteiger charge is -2.09. The van der Waals surface area contributed by atoms with Crippen molar-refractivity contribution < 1.29 is 25.9 Å². The molecule has 16 heavy (non-hydrogen) atoms. The summed E-state index contributed by atoms with van der Waals surface area (Å²) in [4.78, 5) is -0.755. The molecule has 0 saturated carbocycles. The molecule has 0 unspecified atom stereocenters. The number of rotatable bonds is 2. The van der Waals surface area contributed by atoms with Crippen LogP contribution in [0.15, 0.2) is 21.9 Å². The van der Waals surface area contributed by atoms with E-state index in [2.05, 4.69) is 0 Å². The first-order valence-electron chi connectivity index (χ1n) is 4.10. The average Bonchev–Trinajstić information content (AvgIpc) is 2.05. The van der Waals surface area contributed by atoms with E-state index in [1.165, 1.54) is 13.8 Å². The first-order chi connectivity index (χ1) is 7.05. The molecule has 0 amide bonds. The molecule has 0 fully saturated rings. The predicted molar refractivity (Wildman–Crippen MR) is 55.5 cm³/mol. The Morgan fingerprint density at radius 1 is 0.812 bits per heavy atom. The highest BCUT2D eigenvalue weighted by Crippen LogP contribution is 2.24. The standard InChI is InChI=1S/C8H10O6S2/c1-5-6(2)8(16(12,13)14)4-3-7(5)15(9,10)11/h3-4H,1-2H3,(H,9,10,11)(H,12,13,14). The Bertz CT molecular complexity index is 570. The van der Waals surface area contributed by atoms with E-state index in [9.17, 15) is 16.8 Å². The fraction of sp³-hybridized carbons (Fsp3) is 0.250. The lowest BCUT2D eigenvalue weighted by atomic mass is 10.1. The maximum absolute atomic E-state index is 10.9. The van der Waals surface area contributed by atoms with E-state index in [0.717, 1.165) is 12.1 Å². The number of hydrogen-bond donors (Lipinski definition) is 2. The van der Waals surface area contributed by atoms with Crippen LogP contribution in [-0.2, 0) is 20.2 Å². The van der Waals surface area contributed by atoms with Crippen LogP contribution in [0.25, 0.3) is 0 Å². The van der Waals surface area contributed by atoms with Crippen LogP contribution in [0.3, 0.4) is 0 Å². The summed E-state index contributed by atoms with van der Waals surface area (Å²) >= 11 is 0. The van der Waals surface area contributed by atoms with Crippen molar-refractivity contribution in [1.82, 2.24) is 0 Å². The minimum absolute atomic E-state index is 0.0811. The molecule has 0 heterocycles. The highest BCUT2D eigenvalue weighted by atomic mass is 32.2. The van der Waals surface area contributed by atoms with Crippen molar-refractivity contribution in [2.24, 2.45) is 0 Å². The monoisotopic (exact) mass is 266 g/mol. The van der Waals surface area contributed by atoms with Gasteiger partial charge < -0.3 is 0 Å². The van der Waals surface area contributed by atoms with Gasteiger partial charge in [-0.05, 0) is 37.1 Å². The van der Waals surface area contributed by atoms with Crippen molar-refractivity contribution in [3.63, 3.8) is 0 Å². The van der Waals surface area contributed by atoms with E-state index in [4.69, 9.17) is 9.11 Å². The summed E-state index contributed by atoms with van der Waals surface area (Å²) in [6.07, 6.45) is 0. The van der Waals surface area contributed by atoms with Gasteiger partial charge in [0.2, 0.25) is 0 Å². The Kier molecular flexibility index (Phi) is 3.12. The number of benzene rings is 1. The fourth-order valence-electron chi connectivity index (χ4n) is 1.33. The van der Waals surface area contributed by atoms with Crippen LogP contribution < -0.4 is 0 Å². The molecule has 1 rings (SSSR count). The molecule has 0 bridgehead atoms. The van der Waals surface area contributed by atoms with Gasteiger partial charge in [0.15, 0.2) is 0 Å². The lowest BCUT2D eigenvalue weighted by molar-refractivity contribution is 0.477. The average molecular weight is 266 g/mol. The quantitative estimate of drug-likeness (QED) is 0.766. The molecule has 0 aliphatic rings. The molecule has 0 atom stereocenters. The first kappa shape index (κ1) is 13.1. The zero-order chi connectivity index (χ0) is 12.7. The van der Waals surface area contributed by atoms with Gasteiger partial charge in [0, 0.05) is 0 Å². The van der Waals surface area contributed by atoms with Crippen LogP contribution in [0.1, 0.15) is 11.1 Å². The normalized spacial score (nSPS) is 12.8. The Morgan fingerprint density at radius 3 is 1.25 bits per heavy atom. The number of hydrogen-bond acceptors (Lipinski definition) is 4. The highest BCUT2D eigenvalue weighted by molar-refractivity contribution is 7.86. The van der Waals surface area contributed by atoms with Gasteiger partial charge in [-0.2, -0.15) is 16.8 Å². The van der Waals surface area contributed by atoms with Crippen LogP contribution in [0, 0.1) is 13.8 Å². The molecule has 0 aliphatic carbocycles. The van der Waals surface area contributed by atoms with Crippen LogP contribution in [0.5, 0.6) is 0 Å². The second-order valence-corrected chi connectivity index (χ2v) is 6.04. The van der Waals surface area contributed by atoms with E-state index < -0.39 is 20.2 Å². The summed E-state index contributed by atoms with van der Waals surface area (Å²) in [6, 6.07) is 1.86. The molecule has 0 spiro atoms. The summed E-state index contributed by atoms with van der Waals surface area (Å²) in [7, 11) is -8.79. The summed E-state index contributed by atoms with van der Waals surface area (Å²) in [5.74, 6) is 0. The maximum Gasteiger partial charge on any atom is 0.294 e. The zero-order valence-electron chi connectivity index (χ0n) is 8.50. The Labute approximate surface area is 93.4 Å². The van der Waals surface area contributed by atoms with Gasteiger partial charge in [0.1, 0.15) is 0 Å². The molecule has 0 aromatic heterocycles. The molecule has 90 valence electrons. The predicted octanol–water partition coefficient (Wildman–Crippen LogP) is 0.797. The van der Waals surface area contributed by atoms with Gasteiger partial charge in [-0.1, -0.05) is 0 Å². The molecular formula is C8H10O6S2. The SMILES string of the molecule is Cc1c(S(=O)(=O)O)ccc(S(=O)(=O)O)c1C. The lowest BCUT2D eigenvalue weighted by Crippen LogP contribution is -2.07. The van der Waals surface area contributed by atoms with Gasteiger partial charge >= 0.3 is 0 Å². The van der Waals surface area contributed by atoms with E-state index in [0.29, 0.717) is 0 Å². The molecule has 0 saturated heterocycles. The van der Waals surface area contributed by atoms with Gasteiger partial charge in [0.05, 0.1) is 9.79 Å². The second-order valence-electron chi connectivity index (χ2n) is 3.26. The molecular weight excluding hydrogens is 256 g/mol. The molecule has 1 aromatic carbocycles. The van der Waals surface area contributed by atoms with E-state index in [1.54, 1.807) is 0 Å². The van der Waals surface area contributed by atoms with Crippen molar-refractivity contribution >= 4 is 20.2 Å². The summed E-state index contributed by atoms with van der Waals surface area (Å²) in [5.41, 5.74) is 0.162. The summed E-state index contributed by atoms with van der Waals surface area (Å²) in [5, 5.41) is 0. The van der Waals surface area contributed by atoms with Crippen molar-refractivity contribution in [2.45, 2.75) is 23.6 Å². The van der Waals surface area contributed by atoms with Crippen LogP contribution in [-0.4, -0.2) is 25.9 Å². The smallest absolute Gasteiger partial charge is 0.282 e. The van der Waals surface area contributed by atoms with Gasteiger partial charge in [-0.25, -0.2) is 0 Å². The maximum atomic E-state index is 10.9. The molecule has 0 aliphatic heterocycles. The molecule has 0 radical (unpaired) electrons. The molecule has 6 nitrogen and oxygen atoms in total. The summed E-state index contributed by atoms with van der Waals surface area (Å²) in [6.45, 7) is 2.68. The fourth-order valence-corrected chi connectivity index (χ4v) is 2.89. The Morgan fingerprint density at radius 2 is 1.06 bits per heavy atom. The minimum atomic E-state index is -4.39. The largest absolute Gasteiger partial charge is 0.294 e. The van der Waals surface area contributed by atoms with Gasteiger partial charge in [-0.3, -0.25) is 9.11 Å². The van der Waals surface area contributed by atoms with Crippen LogP contribution in [0.4, 0.5) is 0 Å². The minimum Gasteiger partial charge on any atom is -0.282 e. The van der Waals surface area contributed by atoms with Crippen molar-refractivity contribution in [2.75, 3.05) is 0 Å². The zero-order valence-corrected chi connectivity index (χ0v) is 10.1. The van der Waals surface area contributed by atoms with E-state index in [-0.39, 0.29) is 20.9 Å². The third-order valence-corrected chi connectivity index (χ3v) is 4.24. The first-order valence-corrected chi connectivity index (χ1v) is 6.98. The highest BCUT2D eigenvalue weighted by Gasteiger charge is 2.20. The summed E-state index contributed by atoms with van der Waals surface area (Å²) < 4.78 is 61.3. The van der Waals surface area contributed by atoms with E-state index >= 15 is 0 Å². The molecule has 2 N–H and O–H groups in total. The van der Waals surface area contributed by atoms with Crippen LogP contribution in [0.2, 0.25) is 0 Å². The Hall–Kier alpha value is -0.960. The molecule has 8 heteroatoms. The third kappa shape index (κ3) is 2.40. The van der Waals surface area contributed by atoms with Crippen molar-refractivity contribution in [3.8, 4) is 0 Å². The van der Waals surface area contributed by atoms with E-state index in [1.807, 2.05) is 0 Å². The van der Waals surface area contributed by atoms with Crippen LogP contribution >= 0.6 is 0 Å². The van der Waals surface area contributed by atoms with Crippen molar-refractivity contribution in [1.29, 1.82) is 0 Å². The third-order valence-electron chi connectivity index (χ3n) is 2.24. The molecule has 1 aromatic rings. The van der Waals surface area contributed by atoms with Gasteiger partial charge in [-0.15, -0.1) is 0 Å². The topological polar surface area (TPSA) is 109 Å². The van der Waals surface area contributed by atoms with Crippen molar-refractivity contribution in [3.05, 3.63) is 23.3 Å².